The van der Waals surface area contributed by atoms with Crippen molar-refractivity contribution in [2.24, 2.45) is 0 Å². The first kappa shape index (κ1) is 20.3. The van der Waals surface area contributed by atoms with Gasteiger partial charge in [0.25, 0.3) is 5.56 Å². The number of aromatic nitrogens is 2. The molecule has 0 spiro atoms. The van der Waals surface area contributed by atoms with Crippen LogP contribution in [0.1, 0.15) is 23.0 Å². The molecule has 2 aromatic heterocycles. The fourth-order valence-electron chi connectivity index (χ4n) is 3.11. The predicted molar refractivity (Wildman–Crippen MR) is 114 cm³/mol. The third-order valence-corrected chi connectivity index (χ3v) is 4.68. The van der Waals surface area contributed by atoms with E-state index >= 15 is 0 Å². The molecule has 6 nitrogen and oxygen atoms in total. The first-order valence-electron chi connectivity index (χ1n) is 9.71. The van der Waals surface area contributed by atoms with E-state index in [0.717, 1.165) is 16.3 Å². The molecular weight excluding hydrogens is 399 g/mol. The molecule has 0 unspecified atom stereocenters. The highest BCUT2D eigenvalue weighted by Crippen LogP contribution is 2.19. The molecule has 2 heterocycles. The smallest absolute Gasteiger partial charge is 0.356 e. The molecular formula is C24H19FN2O4. The normalized spacial score (nSPS) is 10.8. The molecule has 4 rings (SSSR count). The van der Waals surface area contributed by atoms with Crippen molar-refractivity contribution in [2.75, 3.05) is 6.61 Å². The molecule has 4 aromatic rings. The van der Waals surface area contributed by atoms with E-state index in [0.29, 0.717) is 11.4 Å². The minimum Gasteiger partial charge on any atom is -0.489 e. The van der Waals surface area contributed by atoms with E-state index < -0.39 is 5.97 Å². The lowest BCUT2D eigenvalue weighted by molar-refractivity contribution is 0.0519. The Hall–Kier alpha value is -4.00. The average Bonchev–Trinajstić information content (AvgIpc) is 2.78. The molecule has 0 atom stereocenters. The number of fused-ring (bicyclic) bond motifs is 1. The van der Waals surface area contributed by atoms with E-state index in [2.05, 4.69) is 4.98 Å². The first-order valence-corrected chi connectivity index (χ1v) is 9.71. The molecule has 7 heteroatoms. The largest absolute Gasteiger partial charge is 0.489 e. The fraction of sp³-hybridized carbons (Fsp3) is 0.125. The van der Waals surface area contributed by atoms with Crippen molar-refractivity contribution in [2.45, 2.75) is 13.5 Å². The van der Waals surface area contributed by atoms with Gasteiger partial charge in [0, 0.05) is 29.5 Å². The number of carbonyl (C=O) groups is 1. The summed E-state index contributed by atoms with van der Waals surface area (Å²) in [6, 6.07) is 16.2. The molecule has 0 aliphatic rings. The number of nitrogens with zero attached hydrogens (tertiary/aromatic N) is 2. The summed E-state index contributed by atoms with van der Waals surface area (Å²) in [5.74, 6) is -0.359. The van der Waals surface area contributed by atoms with Crippen molar-refractivity contribution in [3.8, 4) is 11.4 Å². The number of hydrogen-bond acceptors (Lipinski definition) is 5. The third-order valence-electron chi connectivity index (χ3n) is 4.68. The van der Waals surface area contributed by atoms with Crippen molar-refractivity contribution in [3.63, 3.8) is 0 Å². The van der Waals surface area contributed by atoms with Gasteiger partial charge in [-0.25, -0.2) is 14.2 Å². The van der Waals surface area contributed by atoms with Gasteiger partial charge in [0.2, 0.25) is 0 Å². The van der Waals surface area contributed by atoms with Gasteiger partial charge in [-0.3, -0.25) is 9.36 Å². The SMILES string of the molecule is CCOC(=O)c1cc2ccc(-n3ccc(OCc4ccc(F)cc4)cc3=O)cc2cn1. The van der Waals surface area contributed by atoms with Gasteiger partial charge in [0.05, 0.1) is 6.61 Å². The summed E-state index contributed by atoms with van der Waals surface area (Å²) in [7, 11) is 0. The summed E-state index contributed by atoms with van der Waals surface area (Å²) in [5, 5.41) is 1.60. The Kier molecular flexibility index (Phi) is 5.75. The number of hydrogen-bond donors (Lipinski definition) is 0. The van der Waals surface area contributed by atoms with Crippen LogP contribution in [0.15, 0.2) is 77.9 Å². The molecule has 0 saturated heterocycles. The van der Waals surface area contributed by atoms with Gasteiger partial charge < -0.3 is 9.47 Å². The Labute approximate surface area is 177 Å². The van der Waals surface area contributed by atoms with Crippen molar-refractivity contribution in [3.05, 3.63) is 100 Å². The van der Waals surface area contributed by atoms with Crippen LogP contribution < -0.4 is 10.3 Å². The van der Waals surface area contributed by atoms with Crippen molar-refractivity contribution in [1.29, 1.82) is 0 Å². The maximum atomic E-state index is 13.0. The minimum absolute atomic E-state index is 0.230. The van der Waals surface area contributed by atoms with Crippen LogP contribution in [-0.4, -0.2) is 22.1 Å². The molecule has 0 fully saturated rings. The number of ether oxygens (including phenoxy) is 2. The lowest BCUT2D eigenvalue weighted by Crippen LogP contribution is -2.16. The van der Waals surface area contributed by atoms with E-state index in [4.69, 9.17) is 9.47 Å². The second kappa shape index (κ2) is 8.79. The molecule has 0 aliphatic carbocycles. The van der Waals surface area contributed by atoms with Crippen LogP contribution in [0, 0.1) is 5.82 Å². The molecule has 0 bridgehead atoms. The number of halogens is 1. The zero-order chi connectivity index (χ0) is 21.8. The van der Waals surface area contributed by atoms with Gasteiger partial charge in [-0.1, -0.05) is 18.2 Å². The predicted octanol–water partition coefficient (Wildman–Crippen LogP) is 4.28. The standard InChI is InChI=1S/C24H19FN2O4/c1-2-30-24(29)22-12-17-5-8-20(11-18(17)14-26-22)27-10-9-21(13-23(27)28)31-15-16-3-6-19(25)7-4-16/h3-14H,2,15H2,1H3. The highest BCUT2D eigenvalue weighted by atomic mass is 19.1. The number of carbonyl (C=O) groups excluding carboxylic acids is 1. The number of benzene rings is 2. The van der Waals surface area contributed by atoms with Gasteiger partial charge in [0.1, 0.15) is 23.9 Å². The lowest BCUT2D eigenvalue weighted by atomic mass is 10.1. The molecule has 31 heavy (non-hydrogen) atoms. The quantitative estimate of drug-likeness (QED) is 0.437. The summed E-state index contributed by atoms with van der Waals surface area (Å²) in [5.41, 5.74) is 1.44. The van der Waals surface area contributed by atoms with Gasteiger partial charge in [-0.05, 0) is 54.3 Å². The summed E-state index contributed by atoms with van der Waals surface area (Å²) < 4.78 is 25.1. The van der Waals surface area contributed by atoms with Crippen molar-refractivity contribution >= 4 is 16.7 Å². The summed E-state index contributed by atoms with van der Waals surface area (Å²) in [6.45, 7) is 2.25. The highest BCUT2D eigenvalue weighted by molar-refractivity contribution is 5.93. The second-order valence-electron chi connectivity index (χ2n) is 6.81. The maximum absolute atomic E-state index is 13.0. The third kappa shape index (κ3) is 4.61. The monoisotopic (exact) mass is 418 g/mol. The van der Waals surface area contributed by atoms with Crippen LogP contribution in [0.25, 0.3) is 16.5 Å². The Balaban J connectivity index is 1.54. The fourth-order valence-corrected chi connectivity index (χ4v) is 3.11. The lowest BCUT2D eigenvalue weighted by Gasteiger charge is -2.10. The van der Waals surface area contributed by atoms with Crippen LogP contribution in [0.2, 0.25) is 0 Å². The Morgan fingerprint density at radius 1 is 1.03 bits per heavy atom. The zero-order valence-electron chi connectivity index (χ0n) is 16.7. The summed E-state index contributed by atoms with van der Waals surface area (Å²) >= 11 is 0. The van der Waals surface area contributed by atoms with E-state index in [-0.39, 0.29) is 30.3 Å². The number of pyridine rings is 2. The maximum Gasteiger partial charge on any atom is 0.356 e. The van der Waals surface area contributed by atoms with Crippen LogP contribution >= 0.6 is 0 Å². The van der Waals surface area contributed by atoms with Gasteiger partial charge >= 0.3 is 5.97 Å². The Bertz CT molecular complexity index is 1300. The van der Waals surface area contributed by atoms with Gasteiger partial charge in [-0.2, -0.15) is 0 Å². The van der Waals surface area contributed by atoms with E-state index in [9.17, 15) is 14.0 Å². The molecule has 0 N–H and O–H groups in total. The number of rotatable bonds is 6. The second-order valence-corrected chi connectivity index (χ2v) is 6.81. The average molecular weight is 418 g/mol. The minimum atomic E-state index is -0.471. The summed E-state index contributed by atoms with van der Waals surface area (Å²) in [6.07, 6.45) is 3.21. The van der Waals surface area contributed by atoms with E-state index in [1.54, 1.807) is 49.6 Å². The van der Waals surface area contributed by atoms with Crippen LogP contribution in [0.5, 0.6) is 5.75 Å². The van der Waals surface area contributed by atoms with Crippen LogP contribution in [0.3, 0.4) is 0 Å². The van der Waals surface area contributed by atoms with Crippen molar-refractivity contribution < 1.29 is 18.7 Å². The van der Waals surface area contributed by atoms with Crippen LogP contribution in [0.4, 0.5) is 4.39 Å². The highest BCUT2D eigenvalue weighted by Gasteiger charge is 2.10. The van der Waals surface area contributed by atoms with Gasteiger partial charge in [0.15, 0.2) is 0 Å². The number of esters is 1. The molecule has 0 saturated carbocycles. The van der Waals surface area contributed by atoms with Crippen LogP contribution in [-0.2, 0) is 11.3 Å². The zero-order valence-corrected chi connectivity index (χ0v) is 16.7. The van der Waals surface area contributed by atoms with E-state index in [1.165, 1.54) is 22.8 Å². The summed E-state index contributed by atoms with van der Waals surface area (Å²) in [4.78, 5) is 28.6. The Morgan fingerprint density at radius 2 is 1.84 bits per heavy atom. The first-order chi connectivity index (χ1) is 15.0. The molecule has 156 valence electrons. The Morgan fingerprint density at radius 3 is 2.58 bits per heavy atom. The molecule has 2 aromatic carbocycles. The molecule has 0 aliphatic heterocycles. The van der Waals surface area contributed by atoms with Crippen molar-refractivity contribution in [1.82, 2.24) is 9.55 Å². The van der Waals surface area contributed by atoms with Gasteiger partial charge in [-0.15, -0.1) is 0 Å². The molecule has 0 radical (unpaired) electrons. The van der Waals surface area contributed by atoms with E-state index in [1.807, 2.05) is 12.1 Å². The topological polar surface area (TPSA) is 70.4 Å². The molecule has 0 amide bonds.